The van der Waals surface area contributed by atoms with E-state index < -0.39 is 0 Å². The summed E-state index contributed by atoms with van der Waals surface area (Å²) < 4.78 is 18.9. The Balaban J connectivity index is 2.26. The second kappa shape index (κ2) is 4.45. The van der Waals surface area contributed by atoms with E-state index >= 15 is 0 Å². The highest BCUT2D eigenvalue weighted by molar-refractivity contribution is 7.11. The first-order valence-electron chi connectivity index (χ1n) is 4.67. The van der Waals surface area contributed by atoms with Gasteiger partial charge in [-0.3, -0.25) is 4.79 Å². The summed E-state index contributed by atoms with van der Waals surface area (Å²) in [7, 11) is 0. The number of aldehydes is 1. The van der Waals surface area contributed by atoms with E-state index in [1.807, 2.05) is 0 Å². The molecule has 0 radical (unpaired) electrons. The number of rotatable bonds is 3. The first-order chi connectivity index (χ1) is 7.70. The van der Waals surface area contributed by atoms with Crippen molar-refractivity contribution >= 4 is 17.6 Å². The van der Waals surface area contributed by atoms with E-state index in [-0.39, 0.29) is 11.6 Å². The van der Waals surface area contributed by atoms with Crippen molar-refractivity contribution in [2.45, 2.75) is 6.92 Å². The van der Waals surface area contributed by atoms with E-state index in [1.165, 1.54) is 11.3 Å². The predicted octanol–water partition coefficient (Wildman–Crippen LogP) is 3.80. The Morgan fingerprint density at radius 2 is 2.25 bits per heavy atom. The molecule has 16 heavy (non-hydrogen) atoms. The molecule has 0 bridgehead atoms. The van der Waals surface area contributed by atoms with Gasteiger partial charge in [-0.1, -0.05) is 12.1 Å². The molecular weight excluding hydrogens is 227 g/mol. The van der Waals surface area contributed by atoms with Crippen LogP contribution in [0.5, 0.6) is 11.5 Å². The van der Waals surface area contributed by atoms with Crippen LogP contribution >= 0.6 is 11.3 Å². The van der Waals surface area contributed by atoms with Crippen molar-refractivity contribution in [2.24, 2.45) is 0 Å². The summed E-state index contributed by atoms with van der Waals surface area (Å²) in [6.07, 6.45) is 0.740. The van der Waals surface area contributed by atoms with Crippen LogP contribution in [0.2, 0.25) is 0 Å². The second-order valence-corrected chi connectivity index (χ2v) is 4.23. The monoisotopic (exact) mass is 236 g/mol. The average Bonchev–Trinajstić information content (AvgIpc) is 2.73. The van der Waals surface area contributed by atoms with Gasteiger partial charge in [0.2, 0.25) is 0 Å². The van der Waals surface area contributed by atoms with Crippen LogP contribution in [0.1, 0.15) is 15.2 Å². The van der Waals surface area contributed by atoms with E-state index in [9.17, 15) is 9.18 Å². The zero-order valence-corrected chi connectivity index (χ0v) is 9.38. The molecule has 0 amide bonds. The smallest absolute Gasteiger partial charge is 0.168 e. The number of benzene rings is 1. The molecule has 82 valence electrons. The SMILES string of the molecule is Cc1cccc(Oc2csc(C=O)c2)c1F. The molecule has 0 aliphatic carbocycles. The van der Waals surface area contributed by atoms with E-state index in [4.69, 9.17) is 4.74 Å². The second-order valence-electron chi connectivity index (χ2n) is 3.29. The molecule has 2 nitrogen and oxygen atoms in total. The minimum Gasteiger partial charge on any atom is -0.453 e. The van der Waals surface area contributed by atoms with Crippen molar-refractivity contribution in [1.29, 1.82) is 0 Å². The van der Waals surface area contributed by atoms with Crippen molar-refractivity contribution in [3.05, 3.63) is 45.9 Å². The van der Waals surface area contributed by atoms with Gasteiger partial charge in [0, 0.05) is 11.4 Å². The molecule has 2 aromatic rings. The van der Waals surface area contributed by atoms with Crippen molar-refractivity contribution in [3.8, 4) is 11.5 Å². The lowest BCUT2D eigenvalue weighted by molar-refractivity contribution is 0.112. The molecule has 0 saturated heterocycles. The summed E-state index contributed by atoms with van der Waals surface area (Å²) in [4.78, 5) is 11.0. The maximum atomic E-state index is 13.6. The van der Waals surface area contributed by atoms with Crippen LogP contribution in [-0.2, 0) is 0 Å². The molecule has 0 atom stereocenters. The van der Waals surface area contributed by atoms with E-state index in [0.717, 1.165) is 6.29 Å². The van der Waals surface area contributed by atoms with Crippen LogP contribution in [0.15, 0.2) is 29.6 Å². The van der Waals surface area contributed by atoms with Crippen LogP contribution in [0.25, 0.3) is 0 Å². The van der Waals surface area contributed by atoms with E-state index in [2.05, 4.69) is 0 Å². The minimum atomic E-state index is -0.374. The zero-order valence-electron chi connectivity index (χ0n) is 8.57. The van der Waals surface area contributed by atoms with Crippen molar-refractivity contribution < 1.29 is 13.9 Å². The van der Waals surface area contributed by atoms with E-state index in [0.29, 0.717) is 16.2 Å². The Hall–Kier alpha value is -1.68. The predicted molar refractivity (Wildman–Crippen MR) is 60.9 cm³/mol. The van der Waals surface area contributed by atoms with Crippen LogP contribution in [0, 0.1) is 12.7 Å². The molecule has 0 aliphatic heterocycles. The molecule has 1 aromatic carbocycles. The Labute approximate surface area is 96.3 Å². The summed E-state index contributed by atoms with van der Waals surface area (Å²) in [6, 6.07) is 6.54. The maximum absolute atomic E-state index is 13.6. The molecule has 2 rings (SSSR count). The molecule has 0 aliphatic rings. The maximum Gasteiger partial charge on any atom is 0.168 e. The fourth-order valence-corrected chi connectivity index (χ4v) is 1.88. The molecular formula is C12H9FO2S. The summed E-state index contributed by atoms with van der Waals surface area (Å²) in [5.41, 5.74) is 0.531. The van der Waals surface area contributed by atoms with Gasteiger partial charge in [0.15, 0.2) is 17.9 Å². The number of carbonyl (C=O) groups excluding carboxylic acids is 1. The number of carbonyl (C=O) groups is 1. The molecule has 0 unspecified atom stereocenters. The van der Waals surface area contributed by atoms with Crippen molar-refractivity contribution in [1.82, 2.24) is 0 Å². The van der Waals surface area contributed by atoms with Crippen molar-refractivity contribution in [2.75, 3.05) is 0 Å². The Kier molecular flexibility index (Phi) is 3.01. The number of hydrogen-bond donors (Lipinski definition) is 0. The van der Waals surface area contributed by atoms with Gasteiger partial charge < -0.3 is 4.74 Å². The van der Waals surface area contributed by atoms with Crippen LogP contribution in [0.3, 0.4) is 0 Å². The third kappa shape index (κ3) is 2.12. The van der Waals surface area contributed by atoms with Gasteiger partial charge in [0.25, 0.3) is 0 Å². The summed E-state index contributed by atoms with van der Waals surface area (Å²) in [5, 5.41) is 1.67. The zero-order chi connectivity index (χ0) is 11.5. The Morgan fingerprint density at radius 1 is 1.44 bits per heavy atom. The molecule has 1 aromatic heterocycles. The van der Waals surface area contributed by atoms with Gasteiger partial charge in [-0.05, 0) is 18.6 Å². The number of hydrogen-bond acceptors (Lipinski definition) is 3. The molecule has 0 fully saturated rings. The standard InChI is InChI=1S/C12H9FO2S/c1-8-3-2-4-11(12(8)13)15-9-5-10(6-14)16-7-9/h2-7H,1H3. The molecule has 0 spiro atoms. The van der Waals surface area contributed by atoms with Gasteiger partial charge in [0.05, 0.1) is 4.88 Å². The van der Waals surface area contributed by atoms with Gasteiger partial charge in [-0.25, -0.2) is 4.39 Å². The lowest BCUT2D eigenvalue weighted by atomic mass is 10.2. The molecule has 0 N–H and O–H groups in total. The van der Waals surface area contributed by atoms with Gasteiger partial charge >= 0.3 is 0 Å². The highest BCUT2D eigenvalue weighted by Gasteiger charge is 2.08. The third-order valence-corrected chi connectivity index (χ3v) is 2.93. The fraction of sp³-hybridized carbons (Fsp3) is 0.0833. The van der Waals surface area contributed by atoms with Gasteiger partial charge in [-0.2, -0.15) is 0 Å². The van der Waals surface area contributed by atoms with Crippen molar-refractivity contribution in [3.63, 3.8) is 0 Å². The first-order valence-corrected chi connectivity index (χ1v) is 5.55. The normalized spacial score (nSPS) is 10.1. The summed E-state index contributed by atoms with van der Waals surface area (Å²) >= 11 is 1.26. The lowest BCUT2D eigenvalue weighted by Crippen LogP contribution is -1.89. The van der Waals surface area contributed by atoms with Crippen LogP contribution in [-0.4, -0.2) is 6.29 Å². The highest BCUT2D eigenvalue weighted by Crippen LogP contribution is 2.28. The molecule has 1 heterocycles. The van der Waals surface area contributed by atoms with Crippen LogP contribution in [0.4, 0.5) is 4.39 Å². The Morgan fingerprint density at radius 3 is 2.94 bits per heavy atom. The van der Waals surface area contributed by atoms with Gasteiger partial charge in [0.1, 0.15) is 5.75 Å². The Bertz CT molecular complexity index is 519. The number of ether oxygens (including phenoxy) is 1. The highest BCUT2D eigenvalue weighted by atomic mass is 32.1. The number of thiophene rings is 1. The number of halogens is 1. The largest absolute Gasteiger partial charge is 0.453 e. The topological polar surface area (TPSA) is 26.3 Å². The van der Waals surface area contributed by atoms with Gasteiger partial charge in [-0.15, -0.1) is 11.3 Å². The minimum absolute atomic E-state index is 0.176. The third-order valence-electron chi connectivity index (χ3n) is 2.10. The fourth-order valence-electron chi connectivity index (χ4n) is 1.28. The number of aryl methyl sites for hydroxylation is 1. The van der Waals surface area contributed by atoms with E-state index in [1.54, 1.807) is 36.6 Å². The molecule has 4 heteroatoms. The first kappa shape index (κ1) is 10.8. The summed E-state index contributed by atoms with van der Waals surface area (Å²) in [6.45, 7) is 1.67. The average molecular weight is 236 g/mol. The lowest BCUT2D eigenvalue weighted by Gasteiger charge is -2.05. The molecule has 0 saturated carbocycles. The summed E-state index contributed by atoms with van der Waals surface area (Å²) in [5.74, 6) is 0.285. The van der Waals surface area contributed by atoms with Crippen LogP contribution < -0.4 is 4.74 Å². The quantitative estimate of drug-likeness (QED) is 0.758.